The van der Waals surface area contributed by atoms with Crippen LogP contribution in [0, 0.1) is 0 Å². The molecule has 4 unspecified atom stereocenters. The van der Waals surface area contributed by atoms with Crippen molar-refractivity contribution in [3.8, 4) is 0 Å². The first-order valence-corrected chi connectivity index (χ1v) is 5.48. The van der Waals surface area contributed by atoms with Gasteiger partial charge in [-0.15, -0.1) is 0 Å². The third-order valence-corrected chi connectivity index (χ3v) is 3.40. The molecular formula is C11H26NO3+. The highest BCUT2D eigenvalue weighted by Crippen LogP contribution is 2.18. The normalized spacial score (nSPS) is 21.8. The van der Waals surface area contributed by atoms with E-state index >= 15 is 0 Å². The average Bonchev–Trinajstić information content (AvgIpc) is 2.26. The number of nitrogens with zero attached hydrogens (tertiary/aromatic N) is 1. The smallest absolute Gasteiger partial charge is 0.194 e. The van der Waals surface area contributed by atoms with Crippen molar-refractivity contribution in [2.24, 2.45) is 0 Å². The minimum atomic E-state index is -0.187. The third-order valence-electron chi connectivity index (χ3n) is 3.40. The fourth-order valence-electron chi connectivity index (χ4n) is 1.52. The molecular weight excluding hydrogens is 194 g/mol. The summed E-state index contributed by atoms with van der Waals surface area (Å²) in [6.07, 6.45) is -0.0398. The summed E-state index contributed by atoms with van der Waals surface area (Å²) in [6, 6.07) is 0. The average molecular weight is 220 g/mol. The largest absolute Gasteiger partial charge is 0.356 e. The van der Waals surface area contributed by atoms with E-state index in [9.17, 15) is 0 Å². The van der Waals surface area contributed by atoms with Gasteiger partial charge in [0.25, 0.3) is 0 Å². The van der Waals surface area contributed by atoms with Crippen LogP contribution in [0.2, 0.25) is 0 Å². The lowest BCUT2D eigenvalue weighted by Crippen LogP contribution is -2.58. The maximum absolute atomic E-state index is 5.75. The standard InChI is InChI=1S/C11H26NO3/c1-8-12(5,9(2)13-6)10(3)15-11(4)14-7/h9-11H,8H2,1-7H3/q+1. The van der Waals surface area contributed by atoms with Crippen LogP contribution in [0.3, 0.4) is 0 Å². The van der Waals surface area contributed by atoms with Crippen LogP contribution >= 0.6 is 0 Å². The van der Waals surface area contributed by atoms with E-state index in [1.54, 1.807) is 14.2 Å². The van der Waals surface area contributed by atoms with E-state index in [4.69, 9.17) is 14.2 Å². The van der Waals surface area contributed by atoms with Crippen molar-refractivity contribution >= 4 is 0 Å². The Balaban J connectivity index is 4.50. The summed E-state index contributed by atoms with van der Waals surface area (Å²) in [7, 11) is 5.50. The maximum atomic E-state index is 5.75. The van der Waals surface area contributed by atoms with Gasteiger partial charge in [-0.1, -0.05) is 0 Å². The summed E-state index contributed by atoms with van der Waals surface area (Å²) in [5.41, 5.74) is 0. The number of ether oxygens (including phenoxy) is 3. The van der Waals surface area contributed by atoms with Crippen LogP contribution < -0.4 is 0 Å². The van der Waals surface area contributed by atoms with Gasteiger partial charge in [-0.05, 0) is 13.8 Å². The van der Waals surface area contributed by atoms with Gasteiger partial charge in [0.1, 0.15) is 0 Å². The fraction of sp³-hybridized carbons (Fsp3) is 1.00. The van der Waals surface area contributed by atoms with Crippen LogP contribution in [0.15, 0.2) is 0 Å². The molecule has 0 aliphatic heterocycles. The van der Waals surface area contributed by atoms with Crippen molar-refractivity contribution in [2.45, 2.75) is 46.4 Å². The summed E-state index contributed by atoms with van der Waals surface area (Å²) < 4.78 is 17.0. The molecule has 0 N–H and O–H groups in total. The molecule has 0 saturated heterocycles. The number of quaternary nitrogens is 1. The van der Waals surface area contributed by atoms with E-state index in [1.807, 2.05) is 6.92 Å². The lowest BCUT2D eigenvalue weighted by Gasteiger charge is -2.42. The number of hydrogen-bond donors (Lipinski definition) is 0. The van der Waals surface area contributed by atoms with E-state index in [0.717, 1.165) is 6.54 Å². The zero-order valence-electron chi connectivity index (χ0n) is 11.1. The minimum Gasteiger partial charge on any atom is -0.356 e. The Kier molecular flexibility index (Phi) is 6.36. The van der Waals surface area contributed by atoms with Gasteiger partial charge < -0.3 is 14.2 Å². The Bertz CT molecular complexity index is 177. The van der Waals surface area contributed by atoms with Crippen LogP contribution in [0.5, 0.6) is 0 Å². The first-order valence-electron chi connectivity index (χ1n) is 5.48. The van der Waals surface area contributed by atoms with Gasteiger partial charge in [-0.25, -0.2) is 0 Å². The van der Waals surface area contributed by atoms with E-state index < -0.39 is 0 Å². The molecule has 0 bridgehead atoms. The second-order valence-corrected chi connectivity index (χ2v) is 4.04. The lowest BCUT2D eigenvalue weighted by atomic mass is 10.3. The number of methoxy groups -OCH3 is 2. The fourth-order valence-corrected chi connectivity index (χ4v) is 1.52. The SMILES string of the molecule is CC[N+](C)(C(C)OC)C(C)OC(C)OC. The molecule has 15 heavy (non-hydrogen) atoms. The van der Waals surface area contributed by atoms with Crippen molar-refractivity contribution in [3.63, 3.8) is 0 Å². The highest BCUT2D eigenvalue weighted by molar-refractivity contribution is 4.43. The molecule has 0 aromatic carbocycles. The molecule has 4 heteroatoms. The molecule has 0 aromatic heterocycles. The van der Waals surface area contributed by atoms with Gasteiger partial charge in [0.05, 0.1) is 13.6 Å². The Morgan fingerprint density at radius 3 is 1.87 bits per heavy atom. The van der Waals surface area contributed by atoms with E-state index in [1.165, 1.54) is 0 Å². The molecule has 0 rings (SSSR count). The van der Waals surface area contributed by atoms with E-state index in [-0.39, 0.29) is 18.7 Å². The van der Waals surface area contributed by atoms with E-state index in [0.29, 0.717) is 4.48 Å². The monoisotopic (exact) mass is 220 g/mol. The Labute approximate surface area is 93.7 Å². The van der Waals surface area contributed by atoms with Gasteiger partial charge in [0.2, 0.25) is 0 Å². The molecule has 0 aromatic rings. The number of hydrogen-bond acceptors (Lipinski definition) is 3. The maximum Gasteiger partial charge on any atom is 0.194 e. The summed E-state index contributed by atoms with van der Waals surface area (Å²) in [6.45, 7) is 9.09. The van der Waals surface area contributed by atoms with Crippen LogP contribution in [-0.4, -0.2) is 51.0 Å². The number of rotatable bonds is 7. The molecule has 0 fully saturated rings. The highest BCUT2D eigenvalue weighted by atomic mass is 16.7. The van der Waals surface area contributed by atoms with Gasteiger partial charge in [-0.3, -0.25) is 4.48 Å². The van der Waals surface area contributed by atoms with Crippen molar-refractivity contribution in [1.29, 1.82) is 0 Å². The molecule has 0 spiro atoms. The van der Waals surface area contributed by atoms with Crippen molar-refractivity contribution in [3.05, 3.63) is 0 Å². The Morgan fingerprint density at radius 1 is 1.00 bits per heavy atom. The molecule has 0 radical (unpaired) electrons. The van der Waals surface area contributed by atoms with Crippen molar-refractivity contribution in [2.75, 3.05) is 27.8 Å². The molecule has 92 valence electrons. The molecule has 0 aliphatic rings. The molecule has 0 aliphatic carbocycles. The summed E-state index contributed by atoms with van der Waals surface area (Å²) in [4.78, 5) is 0. The van der Waals surface area contributed by atoms with Crippen molar-refractivity contribution in [1.82, 2.24) is 0 Å². The zero-order valence-corrected chi connectivity index (χ0v) is 11.1. The van der Waals surface area contributed by atoms with Gasteiger partial charge in [-0.2, -0.15) is 0 Å². The lowest BCUT2D eigenvalue weighted by molar-refractivity contribution is -0.991. The van der Waals surface area contributed by atoms with Gasteiger partial charge >= 0.3 is 0 Å². The van der Waals surface area contributed by atoms with Crippen LogP contribution in [-0.2, 0) is 14.2 Å². The Hall–Kier alpha value is -0.160. The topological polar surface area (TPSA) is 27.7 Å². The second kappa shape index (κ2) is 6.43. The van der Waals surface area contributed by atoms with Crippen LogP contribution in [0.25, 0.3) is 0 Å². The first kappa shape index (κ1) is 14.8. The summed E-state index contributed by atoms with van der Waals surface area (Å²) in [5.74, 6) is 0. The molecule has 0 amide bonds. The molecule has 4 atom stereocenters. The van der Waals surface area contributed by atoms with Gasteiger partial charge in [0, 0.05) is 28.1 Å². The zero-order chi connectivity index (χ0) is 12.1. The van der Waals surface area contributed by atoms with Crippen molar-refractivity contribution < 1.29 is 18.7 Å². The summed E-state index contributed by atoms with van der Waals surface area (Å²) >= 11 is 0. The molecule has 0 saturated carbocycles. The van der Waals surface area contributed by atoms with Crippen LogP contribution in [0.4, 0.5) is 0 Å². The predicted molar refractivity (Wildman–Crippen MR) is 60.2 cm³/mol. The minimum absolute atomic E-state index is 0.0416. The van der Waals surface area contributed by atoms with E-state index in [2.05, 4.69) is 27.8 Å². The third kappa shape index (κ3) is 3.72. The quantitative estimate of drug-likeness (QED) is 0.484. The second-order valence-electron chi connectivity index (χ2n) is 4.04. The summed E-state index contributed by atoms with van der Waals surface area (Å²) in [5, 5.41) is 0. The predicted octanol–water partition coefficient (Wildman–Crippen LogP) is 1.80. The highest BCUT2D eigenvalue weighted by Gasteiger charge is 2.35. The van der Waals surface area contributed by atoms with Gasteiger partial charge in [0.15, 0.2) is 18.7 Å². The molecule has 0 heterocycles. The van der Waals surface area contributed by atoms with Crippen LogP contribution in [0.1, 0.15) is 27.7 Å². The first-order chi connectivity index (χ1) is 6.92. The molecule has 4 nitrogen and oxygen atoms in total. The Morgan fingerprint density at radius 2 is 1.53 bits per heavy atom.